The van der Waals surface area contributed by atoms with Crippen molar-refractivity contribution in [1.82, 2.24) is 0 Å². The first-order valence-electron chi connectivity index (χ1n) is 5.33. The van der Waals surface area contributed by atoms with Gasteiger partial charge in [-0.1, -0.05) is 12.8 Å². The molecule has 0 spiro atoms. The molecule has 0 aromatic heterocycles. The molecule has 0 N–H and O–H groups in total. The molecule has 0 unspecified atom stereocenters. The van der Waals surface area contributed by atoms with E-state index < -0.39 is 0 Å². The highest BCUT2D eigenvalue weighted by Crippen LogP contribution is 2.33. The second kappa shape index (κ2) is 3.60. The molecular weight excluding hydrogens is 164 g/mol. The molecule has 13 heavy (non-hydrogen) atoms. The third-order valence-corrected chi connectivity index (χ3v) is 3.19. The summed E-state index contributed by atoms with van der Waals surface area (Å²) in [6.45, 7) is 0. The molecule has 2 heteroatoms. The second-order valence-electron chi connectivity index (χ2n) is 4.37. The van der Waals surface area contributed by atoms with Crippen LogP contribution in [0.2, 0.25) is 0 Å². The Morgan fingerprint density at radius 2 is 1.31 bits per heavy atom. The standard InChI is InChI=1S/C11H16O2/c12-10(8-3-1-2-4-8)7-11(13)9-5-6-9/h8-9H,1-7H2. The minimum absolute atomic E-state index is 0.205. The molecule has 0 radical (unpaired) electrons. The Balaban J connectivity index is 1.79. The van der Waals surface area contributed by atoms with Gasteiger partial charge in [-0.05, 0) is 25.7 Å². The van der Waals surface area contributed by atoms with E-state index in [9.17, 15) is 9.59 Å². The van der Waals surface area contributed by atoms with Crippen molar-refractivity contribution in [2.75, 3.05) is 0 Å². The van der Waals surface area contributed by atoms with Crippen LogP contribution in [0.15, 0.2) is 0 Å². The number of hydrogen-bond donors (Lipinski definition) is 0. The first-order chi connectivity index (χ1) is 6.27. The van der Waals surface area contributed by atoms with Gasteiger partial charge < -0.3 is 0 Å². The average Bonchev–Trinajstić information content (AvgIpc) is 2.81. The van der Waals surface area contributed by atoms with Crippen molar-refractivity contribution in [3.63, 3.8) is 0 Å². The summed E-state index contributed by atoms with van der Waals surface area (Å²) in [5, 5.41) is 0. The maximum atomic E-state index is 11.6. The molecule has 0 aliphatic heterocycles. The highest BCUT2D eigenvalue weighted by molar-refractivity contribution is 6.01. The molecule has 72 valence electrons. The van der Waals surface area contributed by atoms with Crippen LogP contribution >= 0.6 is 0 Å². The van der Waals surface area contributed by atoms with Gasteiger partial charge in [-0.15, -0.1) is 0 Å². The van der Waals surface area contributed by atoms with E-state index in [4.69, 9.17) is 0 Å². The molecule has 2 rings (SSSR count). The molecule has 0 aromatic carbocycles. The van der Waals surface area contributed by atoms with Crippen LogP contribution in [0.25, 0.3) is 0 Å². The van der Waals surface area contributed by atoms with E-state index in [0.717, 1.165) is 25.7 Å². The molecule has 0 atom stereocenters. The summed E-state index contributed by atoms with van der Waals surface area (Å²) in [5.74, 6) is 0.902. The van der Waals surface area contributed by atoms with Gasteiger partial charge in [0.25, 0.3) is 0 Å². The summed E-state index contributed by atoms with van der Waals surface area (Å²) < 4.78 is 0. The Labute approximate surface area is 78.7 Å². The molecule has 2 aliphatic carbocycles. The summed E-state index contributed by atoms with van der Waals surface area (Å²) in [4.78, 5) is 22.9. The number of carbonyl (C=O) groups is 2. The lowest BCUT2D eigenvalue weighted by Crippen LogP contribution is -2.16. The van der Waals surface area contributed by atoms with E-state index in [-0.39, 0.29) is 29.8 Å². The second-order valence-corrected chi connectivity index (χ2v) is 4.37. The van der Waals surface area contributed by atoms with Crippen molar-refractivity contribution in [2.45, 2.75) is 44.9 Å². The Morgan fingerprint density at radius 3 is 1.77 bits per heavy atom. The van der Waals surface area contributed by atoms with Crippen molar-refractivity contribution >= 4 is 11.6 Å². The van der Waals surface area contributed by atoms with Crippen LogP contribution in [0.1, 0.15) is 44.9 Å². The van der Waals surface area contributed by atoms with Gasteiger partial charge in [0.2, 0.25) is 0 Å². The molecule has 0 saturated heterocycles. The molecule has 0 amide bonds. The smallest absolute Gasteiger partial charge is 0.143 e. The fraction of sp³-hybridized carbons (Fsp3) is 0.818. The highest BCUT2D eigenvalue weighted by atomic mass is 16.1. The van der Waals surface area contributed by atoms with Crippen molar-refractivity contribution in [3.8, 4) is 0 Å². The van der Waals surface area contributed by atoms with E-state index in [2.05, 4.69) is 0 Å². The van der Waals surface area contributed by atoms with Crippen molar-refractivity contribution in [2.24, 2.45) is 11.8 Å². The van der Waals surface area contributed by atoms with Crippen molar-refractivity contribution < 1.29 is 9.59 Å². The van der Waals surface area contributed by atoms with E-state index in [0.29, 0.717) is 0 Å². The molecule has 0 bridgehead atoms. The zero-order valence-electron chi connectivity index (χ0n) is 7.92. The van der Waals surface area contributed by atoms with E-state index >= 15 is 0 Å². The molecule has 2 saturated carbocycles. The van der Waals surface area contributed by atoms with Crippen LogP contribution in [-0.4, -0.2) is 11.6 Å². The van der Waals surface area contributed by atoms with Crippen LogP contribution in [-0.2, 0) is 9.59 Å². The Kier molecular flexibility index (Phi) is 2.47. The predicted octanol–water partition coefficient (Wildman–Crippen LogP) is 2.11. The number of hydrogen-bond acceptors (Lipinski definition) is 2. The number of rotatable bonds is 4. The monoisotopic (exact) mass is 180 g/mol. The van der Waals surface area contributed by atoms with Gasteiger partial charge >= 0.3 is 0 Å². The predicted molar refractivity (Wildman–Crippen MR) is 49.3 cm³/mol. The minimum atomic E-state index is 0.205. The normalized spacial score (nSPS) is 23.4. The van der Waals surface area contributed by atoms with Crippen LogP contribution in [0.3, 0.4) is 0 Å². The highest BCUT2D eigenvalue weighted by Gasteiger charge is 2.32. The van der Waals surface area contributed by atoms with Gasteiger partial charge in [-0.25, -0.2) is 0 Å². The van der Waals surface area contributed by atoms with Gasteiger partial charge in [0.1, 0.15) is 11.6 Å². The van der Waals surface area contributed by atoms with Gasteiger partial charge in [0.15, 0.2) is 0 Å². The Hall–Kier alpha value is -0.660. The average molecular weight is 180 g/mol. The molecule has 0 heterocycles. The van der Waals surface area contributed by atoms with Crippen LogP contribution in [0.4, 0.5) is 0 Å². The van der Waals surface area contributed by atoms with Crippen molar-refractivity contribution in [3.05, 3.63) is 0 Å². The molecule has 0 aromatic rings. The quantitative estimate of drug-likeness (QED) is 0.621. The third-order valence-electron chi connectivity index (χ3n) is 3.19. The zero-order valence-corrected chi connectivity index (χ0v) is 7.92. The third kappa shape index (κ3) is 2.17. The van der Waals surface area contributed by atoms with E-state index in [1.165, 1.54) is 12.8 Å². The number of Topliss-reactive ketones (excluding diaryl/α,β-unsaturated/α-hetero) is 2. The largest absolute Gasteiger partial charge is 0.299 e. The number of ketones is 2. The first-order valence-corrected chi connectivity index (χ1v) is 5.33. The molecule has 2 nitrogen and oxygen atoms in total. The van der Waals surface area contributed by atoms with Crippen LogP contribution in [0, 0.1) is 11.8 Å². The molecular formula is C11H16O2. The fourth-order valence-corrected chi connectivity index (χ4v) is 2.11. The summed E-state index contributed by atoms with van der Waals surface area (Å²) in [6, 6.07) is 0. The van der Waals surface area contributed by atoms with Crippen LogP contribution < -0.4 is 0 Å². The Bertz CT molecular complexity index is 222. The fourth-order valence-electron chi connectivity index (χ4n) is 2.11. The van der Waals surface area contributed by atoms with Gasteiger partial charge in [0, 0.05) is 11.8 Å². The lowest BCUT2D eigenvalue weighted by atomic mass is 9.97. The lowest BCUT2D eigenvalue weighted by molar-refractivity contribution is -0.129. The zero-order chi connectivity index (χ0) is 9.26. The first kappa shape index (κ1) is 8.92. The lowest BCUT2D eigenvalue weighted by Gasteiger charge is -2.05. The van der Waals surface area contributed by atoms with Gasteiger partial charge in [0.05, 0.1) is 6.42 Å². The van der Waals surface area contributed by atoms with Crippen LogP contribution in [0.5, 0.6) is 0 Å². The van der Waals surface area contributed by atoms with Gasteiger partial charge in [-0.2, -0.15) is 0 Å². The SMILES string of the molecule is O=C(CC(=O)C1CC1)C1CCCC1. The van der Waals surface area contributed by atoms with Crippen molar-refractivity contribution in [1.29, 1.82) is 0 Å². The van der Waals surface area contributed by atoms with E-state index in [1.807, 2.05) is 0 Å². The van der Waals surface area contributed by atoms with Gasteiger partial charge in [-0.3, -0.25) is 9.59 Å². The summed E-state index contributed by atoms with van der Waals surface area (Å²) in [6.07, 6.45) is 6.68. The summed E-state index contributed by atoms with van der Waals surface area (Å²) in [7, 11) is 0. The molecule has 2 aliphatic rings. The van der Waals surface area contributed by atoms with E-state index in [1.54, 1.807) is 0 Å². The minimum Gasteiger partial charge on any atom is -0.299 e. The molecule has 2 fully saturated rings. The topological polar surface area (TPSA) is 34.1 Å². The Morgan fingerprint density at radius 1 is 0.846 bits per heavy atom. The summed E-state index contributed by atoms with van der Waals surface area (Å²) >= 11 is 0. The maximum absolute atomic E-state index is 11.6. The maximum Gasteiger partial charge on any atom is 0.143 e. The summed E-state index contributed by atoms with van der Waals surface area (Å²) in [5.41, 5.74) is 0. The number of carbonyl (C=O) groups excluding carboxylic acids is 2.